The second-order valence-corrected chi connectivity index (χ2v) is 6.34. The number of carbonyl (C=O) groups is 2. The van der Waals surface area contributed by atoms with E-state index in [-0.39, 0.29) is 5.91 Å². The molecule has 1 saturated carbocycles. The zero-order valence-corrected chi connectivity index (χ0v) is 12.7. The molecule has 0 spiro atoms. The third kappa shape index (κ3) is 5.85. The van der Waals surface area contributed by atoms with Crippen LogP contribution in [0.25, 0.3) is 0 Å². The van der Waals surface area contributed by atoms with E-state index in [1.54, 1.807) is 12.1 Å². The molecule has 0 aromatic heterocycles. The smallest absolute Gasteiger partial charge is 0.412 e. The lowest BCUT2D eigenvalue weighted by Gasteiger charge is -2.19. The first-order valence-electron chi connectivity index (χ1n) is 7.20. The zero-order chi connectivity index (χ0) is 15.5. The van der Waals surface area contributed by atoms with Crippen LogP contribution in [0.3, 0.4) is 0 Å². The van der Waals surface area contributed by atoms with Gasteiger partial charge in [0.15, 0.2) is 0 Å². The van der Waals surface area contributed by atoms with Gasteiger partial charge in [-0.1, -0.05) is 12.1 Å². The second kappa shape index (κ2) is 6.16. The number of rotatable bonds is 4. The zero-order valence-electron chi connectivity index (χ0n) is 12.7. The molecule has 2 amide bonds. The number of hydrogen-bond acceptors (Lipinski definition) is 3. The lowest BCUT2D eigenvalue weighted by Crippen LogP contribution is -2.27. The van der Waals surface area contributed by atoms with Gasteiger partial charge in [-0.3, -0.25) is 10.1 Å². The Kier molecular flexibility index (Phi) is 4.50. The summed E-state index contributed by atoms with van der Waals surface area (Å²) >= 11 is 0. The first-order chi connectivity index (χ1) is 9.82. The van der Waals surface area contributed by atoms with Crippen molar-refractivity contribution in [2.75, 3.05) is 5.32 Å². The molecule has 1 aliphatic carbocycles. The van der Waals surface area contributed by atoms with Crippen molar-refractivity contribution in [2.24, 2.45) is 0 Å². The predicted molar refractivity (Wildman–Crippen MR) is 81.2 cm³/mol. The van der Waals surface area contributed by atoms with Crippen molar-refractivity contribution < 1.29 is 14.3 Å². The lowest BCUT2D eigenvalue weighted by atomic mass is 10.1. The molecule has 114 valence electrons. The van der Waals surface area contributed by atoms with E-state index in [9.17, 15) is 9.59 Å². The van der Waals surface area contributed by atoms with Gasteiger partial charge in [-0.25, -0.2) is 4.79 Å². The largest absolute Gasteiger partial charge is 0.444 e. The molecule has 0 saturated heterocycles. The van der Waals surface area contributed by atoms with Gasteiger partial charge in [-0.2, -0.15) is 0 Å². The summed E-state index contributed by atoms with van der Waals surface area (Å²) in [4.78, 5) is 23.3. The molecule has 0 atom stereocenters. The van der Waals surface area contributed by atoms with Crippen molar-refractivity contribution >= 4 is 17.7 Å². The average molecular weight is 290 g/mol. The number of hydrogen-bond donors (Lipinski definition) is 2. The molecule has 0 aliphatic heterocycles. The average Bonchev–Trinajstić information content (AvgIpc) is 3.13. The maximum absolute atomic E-state index is 11.7. The van der Waals surface area contributed by atoms with Gasteiger partial charge in [-0.05, 0) is 51.3 Å². The van der Waals surface area contributed by atoms with Crippen LogP contribution in [0.1, 0.15) is 39.2 Å². The Labute approximate surface area is 125 Å². The number of amides is 2. The number of benzene rings is 1. The van der Waals surface area contributed by atoms with Crippen molar-refractivity contribution in [3.8, 4) is 0 Å². The van der Waals surface area contributed by atoms with Gasteiger partial charge in [-0.15, -0.1) is 0 Å². The fourth-order valence-corrected chi connectivity index (χ4v) is 1.82. The van der Waals surface area contributed by atoms with Gasteiger partial charge in [0.25, 0.3) is 0 Å². The van der Waals surface area contributed by atoms with Gasteiger partial charge in [0, 0.05) is 11.7 Å². The molecular formula is C16H22N2O3. The third-order valence-electron chi connectivity index (χ3n) is 2.91. The van der Waals surface area contributed by atoms with E-state index in [2.05, 4.69) is 10.6 Å². The summed E-state index contributed by atoms with van der Waals surface area (Å²) in [5, 5.41) is 5.61. The highest BCUT2D eigenvalue weighted by Crippen LogP contribution is 2.19. The van der Waals surface area contributed by atoms with Crippen molar-refractivity contribution in [2.45, 2.75) is 51.7 Å². The Morgan fingerprint density at radius 2 is 1.81 bits per heavy atom. The molecule has 5 heteroatoms. The van der Waals surface area contributed by atoms with E-state index in [0.717, 1.165) is 18.4 Å². The predicted octanol–water partition coefficient (Wildman–Crippen LogP) is 2.85. The van der Waals surface area contributed by atoms with Crippen LogP contribution in [0.15, 0.2) is 24.3 Å². The standard InChI is InChI=1S/C16H22N2O3/c1-16(2,3)21-15(20)18-13-6-4-11(5-7-13)10-14(19)17-12-8-9-12/h4-7,12H,8-10H2,1-3H3,(H,17,19)(H,18,20). The third-order valence-corrected chi connectivity index (χ3v) is 2.91. The summed E-state index contributed by atoms with van der Waals surface area (Å²) in [6.45, 7) is 5.44. The van der Waals surface area contributed by atoms with E-state index < -0.39 is 11.7 Å². The van der Waals surface area contributed by atoms with Gasteiger partial charge in [0.1, 0.15) is 5.60 Å². The number of ether oxygens (including phenoxy) is 1. The van der Waals surface area contributed by atoms with Crippen LogP contribution in [0.5, 0.6) is 0 Å². The summed E-state index contributed by atoms with van der Waals surface area (Å²) in [5.41, 5.74) is 1.05. The SMILES string of the molecule is CC(C)(C)OC(=O)Nc1ccc(CC(=O)NC2CC2)cc1. The monoisotopic (exact) mass is 290 g/mol. The molecule has 0 unspecified atom stereocenters. The number of nitrogens with one attached hydrogen (secondary N) is 2. The van der Waals surface area contributed by atoms with Crippen LogP contribution in [-0.4, -0.2) is 23.6 Å². The highest BCUT2D eigenvalue weighted by molar-refractivity contribution is 5.85. The highest BCUT2D eigenvalue weighted by atomic mass is 16.6. The van der Waals surface area contributed by atoms with E-state index in [0.29, 0.717) is 18.2 Å². The molecule has 2 N–H and O–H groups in total. The normalized spacial score (nSPS) is 14.4. The Hall–Kier alpha value is -2.04. The van der Waals surface area contributed by atoms with Crippen molar-refractivity contribution in [3.63, 3.8) is 0 Å². The molecule has 1 aromatic rings. The first kappa shape index (κ1) is 15.4. The molecule has 0 heterocycles. The Bertz CT molecular complexity index is 513. The molecule has 1 aliphatic rings. The molecule has 2 rings (SSSR count). The summed E-state index contributed by atoms with van der Waals surface area (Å²) in [6.07, 6.45) is 2.06. The quantitative estimate of drug-likeness (QED) is 0.896. The fraction of sp³-hybridized carbons (Fsp3) is 0.500. The highest BCUT2D eigenvalue weighted by Gasteiger charge is 2.23. The summed E-state index contributed by atoms with van der Waals surface area (Å²) in [6, 6.07) is 7.58. The maximum Gasteiger partial charge on any atom is 0.412 e. The maximum atomic E-state index is 11.7. The Balaban J connectivity index is 1.83. The Morgan fingerprint density at radius 1 is 1.19 bits per heavy atom. The molecular weight excluding hydrogens is 268 g/mol. The molecule has 5 nitrogen and oxygen atoms in total. The minimum Gasteiger partial charge on any atom is -0.444 e. The van der Waals surface area contributed by atoms with Crippen LogP contribution in [0.4, 0.5) is 10.5 Å². The van der Waals surface area contributed by atoms with Crippen LogP contribution in [-0.2, 0) is 16.0 Å². The fourth-order valence-electron chi connectivity index (χ4n) is 1.82. The summed E-state index contributed by atoms with van der Waals surface area (Å²) < 4.78 is 5.17. The summed E-state index contributed by atoms with van der Waals surface area (Å²) in [5.74, 6) is 0.0466. The van der Waals surface area contributed by atoms with Crippen LogP contribution in [0.2, 0.25) is 0 Å². The van der Waals surface area contributed by atoms with E-state index in [4.69, 9.17) is 4.74 Å². The van der Waals surface area contributed by atoms with Gasteiger partial charge in [0.2, 0.25) is 5.91 Å². The van der Waals surface area contributed by atoms with Crippen molar-refractivity contribution in [1.29, 1.82) is 0 Å². The molecule has 21 heavy (non-hydrogen) atoms. The molecule has 1 fully saturated rings. The molecule has 0 bridgehead atoms. The van der Waals surface area contributed by atoms with Gasteiger partial charge < -0.3 is 10.1 Å². The van der Waals surface area contributed by atoms with Crippen molar-refractivity contribution in [3.05, 3.63) is 29.8 Å². The Morgan fingerprint density at radius 3 is 2.33 bits per heavy atom. The lowest BCUT2D eigenvalue weighted by molar-refractivity contribution is -0.120. The molecule has 0 radical (unpaired) electrons. The molecule has 1 aromatic carbocycles. The van der Waals surface area contributed by atoms with E-state index in [1.165, 1.54) is 0 Å². The van der Waals surface area contributed by atoms with E-state index in [1.807, 2.05) is 32.9 Å². The minimum absolute atomic E-state index is 0.0466. The van der Waals surface area contributed by atoms with Crippen LogP contribution >= 0.6 is 0 Å². The van der Waals surface area contributed by atoms with Crippen LogP contribution in [0, 0.1) is 0 Å². The second-order valence-electron chi connectivity index (χ2n) is 6.34. The van der Waals surface area contributed by atoms with Gasteiger partial charge >= 0.3 is 6.09 Å². The van der Waals surface area contributed by atoms with Gasteiger partial charge in [0.05, 0.1) is 6.42 Å². The van der Waals surface area contributed by atoms with E-state index >= 15 is 0 Å². The topological polar surface area (TPSA) is 67.4 Å². The van der Waals surface area contributed by atoms with Crippen molar-refractivity contribution in [1.82, 2.24) is 5.32 Å². The number of carbonyl (C=O) groups excluding carboxylic acids is 2. The van der Waals surface area contributed by atoms with Crippen LogP contribution < -0.4 is 10.6 Å². The number of anilines is 1. The summed E-state index contributed by atoms with van der Waals surface area (Å²) in [7, 11) is 0. The minimum atomic E-state index is -0.523. The first-order valence-corrected chi connectivity index (χ1v) is 7.20.